The number of nitrogens with one attached hydrogen (secondary N) is 2. The molecule has 1 aliphatic heterocycles. The molecule has 1 aromatic carbocycles. The first-order chi connectivity index (χ1) is 15.8. The first-order valence-electron chi connectivity index (χ1n) is 10.8. The average molecular weight is 475 g/mol. The van der Waals surface area contributed by atoms with Gasteiger partial charge in [-0.15, -0.1) is 0 Å². The van der Waals surface area contributed by atoms with Crippen molar-refractivity contribution in [2.24, 2.45) is 0 Å². The standard InChI is InChI=1S/C22H30N6O4S/c1-5-32-22(30)27-12-10-26(11-13-27)20(29)16(3)28-14-18(15(2)25-28)24-21(33)23-17-8-6-7-9-19(17)31-4/h6-9,14,16H,5,10-13H2,1-4H3,(H2,23,24,33). The Morgan fingerprint density at radius 1 is 1.12 bits per heavy atom. The number of rotatable bonds is 6. The maximum atomic E-state index is 13.0. The van der Waals surface area contributed by atoms with Crippen molar-refractivity contribution in [3.8, 4) is 5.75 Å². The van der Waals surface area contributed by atoms with Gasteiger partial charge in [0.15, 0.2) is 5.11 Å². The van der Waals surface area contributed by atoms with E-state index in [1.54, 1.807) is 34.7 Å². The number of benzene rings is 1. The normalized spacial score (nSPS) is 14.4. The molecule has 0 radical (unpaired) electrons. The molecule has 11 heteroatoms. The molecule has 1 fully saturated rings. The van der Waals surface area contributed by atoms with Crippen molar-refractivity contribution < 1.29 is 19.1 Å². The summed E-state index contributed by atoms with van der Waals surface area (Å²) >= 11 is 5.43. The van der Waals surface area contributed by atoms with Crippen molar-refractivity contribution in [2.45, 2.75) is 26.8 Å². The minimum absolute atomic E-state index is 0.0534. The van der Waals surface area contributed by atoms with Crippen molar-refractivity contribution in [2.75, 3.05) is 50.5 Å². The smallest absolute Gasteiger partial charge is 0.409 e. The van der Waals surface area contributed by atoms with Crippen molar-refractivity contribution in [1.82, 2.24) is 19.6 Å². The molecule has 1 aliphatic rings. The number of thiocarbonyl (C=S) groups is 1. The van der Waals surface area contributed by atoms with Gasteiger partial charge in [-0.3, -0.25) is 9.48 Å². The van der Waals surface area contributed by atoms with Gasteiger partial charge < -0.3 is 29.9 Å². The summed E-state index contributed by atoms with van der Waals surface area (Å²) in [6.07, 6.45) is 1.43. The maximum Gasteiger partial charge on any atom is 0.409 e. The minimum Gasteiger partial charge on any atom is -0.495 e. The van der Waals surface area contributed by atoms with Crippen LogP contribution in [0.5, 0.6) is 5.75 Å². The van der Waals surface area contributed by atoms with Gasteiger partial charge in [0, 0.05) is 32.4 Å². The van der Waals surface area contributed by atoms with E-state index in [9.17, 15) is 9.59 Å². The lowest BCUT2D eigenvalue weighted by atomic mass is 10.2. The van der Waals surface area contributed by atoms with E-state index in [2.05, 4.69) is 15.7 Å². The number of aryl methyl sites for hydroxylation is 1. The quantitative estimate of drug-likeness (QED) is 0.617. The van der Waals surface area contributed by atoms with Crippen molar-refractivity contribution >= 4 is 40.7 Å². The third-order valence-electron chi connectivity index (χ3n) is 5.39. The molecule has 0 bridgehead atoms. The Bertz CT molecular complexity index is 1000. The molecule has 1 saturated heterocycles. The van der Waals surface area contributed by atoms with Gasteiger partial charge in [0.05, 0.1) is 30.8 Å². The largest absolute Gasteiger partial charge is 0.495 e. The second-order valence-electron chi connectivity index (χ2n) is 7.57. The van der Waals surface area contributed by atoms with Crippen LogP contribution in [0.1, 0.15) is 25.6 Å². The van der Waals surface area contributed by atoms with Crippen molar-refractivity contribution in [3.05, 3.63) is 36.2 Å². The highest BCUT2D eigenvalue weighted by Gasteiger charge is 2.29. The van der Waals surface area contributed by atoms with E-state index < -0.39 is 6.04 Å². The summed E-state index contributed by atoms with van der Waals surface area (Å²) in [5.74, 6) is 0.624. The topological polar surface area (TPSA) is 101 Å². The molecule has 0 spiro atoms. The summed E-state index contributed by atoms with van der Waals surface area (Å²) in [6, 6.07) is 6.98. The van der Waals surface area contributed by atoms with Gasteiger partial charge in [-0.25, -0.2) is 4.79 Å². The Morgan fingerprint density at radius 2 is 1.76 bits per heavy atom. The number of ether oxygens (including phenoxy) is 2. The van der Waals surface area contributed by atoms with E-state index in [4.69, 9.17) is 21.7 Å². The number of carbonyl (C=O) groups is 2. The number of carbonyl (C=O) groups excluding carboxylic acids is 2. The first-order valence-corrected chi connectivity index (χ1v) is 11.2. The molecule has 0 saturated carbocycles. The molecule has 1 unspecified atom stereocenters. The highest BCUT2D eigenvalue weighted by Crippen LogP contribution is 2.24. The third kappa shape index (κ3) is 5.92. The molecule has 1 aromatic heterocycles. The summed E-state index contributed by atoms with van der Waals surface area (Å²) in [5.41, 5.74) is 2.16. The number of piperazine rings is 1. The van der Waals surface area contributed by atoms with E-state index in [-0.39, 0.29) is 12.0 Å². The van der Waals surface area contributed by atoms with Gasteiger partial charge >= 0.3 is 6.09 Å². The van der Waals surface area contributed by atoms with Crippen LogP contribution in [0, 0.1) is 6.92 Å². The fraction of sp³-hybridized carbons (Fsp3) is 0.455. The van der Waals surface area contributed by atoms with Crippen LogP contribution >= 0.6 is 12.2 Å². The molecular weight excluding hydrogens is 444 g/mol. The molecule has 10 nitrogen and oxygen atoms in total. The second-order valence-corrected chi connectivity index (χ2v) is 7.98. The van der Waals surface area contributed by atoms with Crippen LogP contribution in [-0.2, 0) is 9.53 Å². The van der Waals surface area contributed by atoms with Gasteiger partial charge in [-0.1, -0.05) is 12.1 Å². The first kappa shape index (κ1) is 24.3. The zero-order valence-corrected chi connectivity index (χ0v) is 20.1. The van der Waals surface area contributed by atoms with Gasteiger partial charge in [0.1, 0.15) is 11.8 Å². The van der Waals surface area contributed by atoms with Gasteiger partial charge in [0.25, 0.3) is 0 Å². The molecule has 1 atom stereocenters. The van der Waals surface area contributed by atoms with Crippen LogP contribution in [0.2, 0.25) is 0 Å². The SMILES string of the molecule is CCOC(=O)N1CCN(C(=O)C(C)n2cc(NC(=S)Nc3ccccc3OC)c(C)n2)CC1. The molecule has 2 amide bonds. The van der Waals surface area contributed by atoms with Crippen LogP contribution in [0.25, 0.3) is 0 Å². The predicted octanol–water partition coefficient (Wildman–Crippen LogP) is 2.87. The minimum atomic E-state index is -0.496. The van der Waals surface area contributed by atoms with E-state index >= 15 is 0 Å². The summed E-state index contributed by atoms with van der Waals surface area (Å²) in [4.78, 5) is 28.2. The zero-order valence-electron chi connectivity index (χ0n) is 19.3. The monoisotopic (exact) mass is 474 g/mol. The lowest BCUT2D eigenvalue weighted by molar-refractivity contribution is -0.136. The number of nitrogens with zero attached hydrogens (tertiary/aromatic N) is 4. The fourth-order valence-electron chi connectivity index (χ4n) is 3.53. The maximum absolute atomic E-state index is 13.0. The zero-order chi connectivity index (χ0) is 24.0. The number of aromatic nitrogens is 2. The lowest BCUT2D eigenvalue weighted by Gasteiger charge is -2.35. The number of para-hydroxylation sites is 2. The van der Waals surface area contributed by atoms with Gasteiger partial charge in [-0.2, -0.15) is 5.10 Å². The molecular formula is C22H30N6O4S. The van der Waals surface area contributed by atoms with Crippen LogP contribution in [0.15, 0.2) is 30.5 Å². The summed E-state index contributed by atoms with van der Waals surface area (Å²) in [6.45, 7) is 7.58. The van der Waals surface area contributed by atoms with E-state index in [1.807, 2.05) is 38.1 Å². The summed E-state index contributed by atoms with van der Waals surface area (Å²) in [5, 5.41) is 11.1. The second kappa shape index (κ2) is 11.0. The van der Waals surface area contributed by atoms with Crippen LogP contribution in [0.3, 0.4) is 0 Å². The Labute approximate surface area is 198 Å². The predicted molar refractivity (Wildman–Crippen MR) is 130 cm³/mol. The molecule has 0 aliphatic carbocycles. The number of amides is 2. The lowest BCUT2D eigenvalue weighted by Crippen LogP contribution is -2.52. The highest BCUT2D eigenvalue weighted by atomic mass is 32.1. The molecule has 2 aromatic rings. The Hall–Kier alpha value is -3.34. The average Bonchev–Trinajstić information content (AvgIpc) is 3.18. The van der Waals surface area contributed by atoms with Crippen LogP contribution in [0.4, 0.5) is 16.2 Å². The Balaban J connectivity index is 1.59. The van der Waals surface area contributed by atoms with Crippen LogP contribution < -0.4 is 15.4 Å². The van der Waals surface area contributed by atoms with Gasteiger partial charge in [-0.05, 0) is 45.1 Å². The molecule has 2 heterocycles. The third-order valence-corrected chi connectivity index (χ3v) is 5.60. The summed E-state index contributed by atoms with van der Waals surface area (Å²) in [7, 11) is 1.60. The summed E-state index contributed by atoms with van der Waals surface area (Å²) < 4.78 is 12.0. The number of anilines is 2. The van der Waals surface area contributed by atoms with Gasteiger partial charge in [0.2, 0.25) is 5.91 Å². The van der Waals surface area contributed by atoms with E-state index in [1.165, 1.54) is 0 Å². The number of hydrogen-bond donors (Lipinski definition) is 2. The fourth-order valence-corrected chi connectivity index (χ4v) is 3.75. The molecule has 2 N–H and O–H groups in total. The van der Waals surface area contributed by atoms with Crippen LogP contribution in [-0.4, -0.2) is 76.6 Å². The molecule has 178 valence electrons. The number of hydrogen-bond acceptors (Lipinski definition) is 6. The Morgan fingerprint density at radius 3 is 2.42 bits per heavy atom. The molecule has 3 rings (SSSR count). The van der Waals surface area contributed by atoms with Crippen molar-refractivity contribution in [1.29, 1.82) is 0 Å². The number of methoxy groups -OCH3 is 1. The Kier molecular flexibility index (Phi) is 8.10. The van der Waals surface area contributed by atoms with Crippen molar-refractivity contribution in [3.63, 3.8) is 0 Å². The molecule has 33 heavy (non-hydrogen) atoms. The highest BCUT2D eigenvalue weighted by molar-refractivity contribution is 7.80. The van der Waals surface area contributed by atoms with E-state index in [0.717, 1.165) is 5.69 Å². The van der Waals surface area contributed by atoms with E-state index in [0.29, 0.717) is 55.0 Å².